The largest absolute Gasteiger partial charge is 0.497 e. The number of nitrogens with one attached hydrogen (secondary N) is 1. The number of rotatable bonds is 6. The van der Waals surface area contributed by atoms with Crippen LogP contribution in [-0.2, 0) is 17.9 Å². The molecule has 0 aliphatic heterocycles. The Labute approximate surface area is 162 Å². The van der Waals surface area contributed by atoms with Gasteiger partial charge in [0.2, 0.25) is 5.91 Å². The van der Waals surface area contributed by atoms with Gasteiger partial charge in [0.15, 0.2) is 0 Å². The van der Waals surface area contributed by atoms with Crippen LogP contribution in [0.3, 0.4) is 0 Å². The fourth-order valence-electron chi connectivity index (χ4n) is 2.97. The van der Waals surface area contributed by atoms with E-state index in [-0.39, 0.29) is 18.0 Å². The van der Waals surface area contributed by atoms with Gasteiger partial charge in [0.05, 0.1) is 13.7 Å². The molecule has 1 aromatic heterocycles. The number of ether oxygens (including phenoxy) is 1. The summed E-state index contributed by atoms with van der Waals surface area (Å²) in [5, 5.41) is 1.45. The third-order valence-electron chi connectivity index (χ3n) is 4.46. The summed E-state index contributed by atoms with van der Waals surface area (Å²) in [6.45, 7) is 2.36. The number of pyridine rings is 1. The van der Waals surface area contributed by atoms with Crippen molar-refractivity contribution in [2.75, 3.05) is 7.11 Å². The second kappa shape index (κ2) is 8.27. The van der Waals surface area contributed by atoms with Gasteiger partial charge in [-0.05, 0) is 35.9 Å². The molecule has 0 saturated heterocycles. The van der Waals surface area contributed by atoms with Crippen molar-refractivity contribution in [1.82, 2.24) is 9.88 Å². The Balaban J connectivity index is 1.95. The van der Waals surface area contributed by atoms with E-state index in [1.54, 1.807) is 43.2 Å². The zero-order chi connectivity index (χ0) is 19.4. The molecule has 3 aromatic rings. The molecule has 0 aliphatic rings. The fourth-order valence-corrected chi connectivity index (χ4v) is 3.16. The number of aromatic amines is 1. The maximum absolute atomic E-state index is 12.5. The summed E-state index contributed by atoms with van der Waals surface area (Å²) < 4.78 is 5.25. The summed E-state index contributed by atoms with van der Waals surface area (Å²) in [6, 6.07) is 14.7. The lowest BCUT2D eigenvalue weighted by Crippen LogP contribution is -2.32. The quantitative estimate of drug-likeness (QED) is 0.695. The first-order valence-electron chi connectivity index (χ1n) is 8.73. The minimum atomic E-state index is -0.208. The maximum atomic E-state index is 12.5. The third kappa shape index (κ3) is 4.31. The Kier molecular flexibility index (Phi) is 5.81. The van der Waals surface area contributed by atoms with Crippen molar-refractivity contribution >= 4 is 28.4 Å². The molecule has 2 aromatic carbocycles. The molecule has 0 fully saturated rings. The van der Waals surface area contributed by atoms with E-state index in [1.165, 1.54) is 0 Å². The van der Waals surface area contributed by atoms with Gasteiger partial charge in [-0.25, -0.2) is 0 Å². The highest BCUT2D eigenvalue weighted by Crippen LogP contribution is 2.21. The van der Waals surface area contributed by atoms with Gasteiger partial charge < -0.3 is 14.6 Å². The number of amides is 1. The Morgan fingerprint density at radius 3 is 2.56 bits per heavy atom. The Morgan fingerprint density at radius 1 is 1.11 bits per heavy atom. The molecule has 0 saturated carbocycles. The van der Waals surface area contributed by atoms with Crippen molar-refractivity contribution in [3.8, 4) is 5.75 Å². The van der Waals surface area contributed by atoms with Gasteiger partial charge in [-0.1, -0.05) is 36.7 Å². The number of nitrogens with zero attached hydrogens (tertiary/aromatic N) is 1. The number of halogens is 1. The Morgan fingerprint density at radius 2 is 1.85 bits per heavy atom. The van der Waals surface area contributed by atoms with Crippen LogP contribution in [0.15, 0.2) is 53.3 Å². The molecule has 0 radical (unpaired) electrons. The monoisotopic (exact) mass is 384 g/mol. The summed E-state index contributed by atoms with van der Waals surface area (Å²) in [5.41, 5.74) is 1.88. The molecule has 1 N–H and O–H groups in total. The predicted octanol–water partition coefficient (Wildman–Crippen LogP) is 4.13. The van der Waals surface area contributed by atoms with Gasteiger partial charge in [-0.15, -0.1) is 0 Å². The second-order valence-corrected chi connectivity index (χ2v) is 6.68. The van der Waals surface area contributed by atoms with Crippen LogP contribution in [0.1, 0.15) is 24.5 Å². The molecule has 1 heterocycles. The number of hydrogen-bond acceptors (Lipinski definition) is 3. The van der Waals surface area contributed by atoms with Crippen LogP contribution in [0.2, 0.25) is 5.02 Å². The number of aromatic nitrogens is 1. The van der Waals surface area contributed by atoms with E-state index in [0.717, 1.165) is 16.5 Å². The zero-order valence-electron chi connectivity index (χ0n) is 15.3. The minimum Gasteiger partial charge on any atom is -0.497 e. The number of fused-ring (bicyclic) bond motifs is 1. The summed E-state index contributed by atoms with van der Waals surface area (Å²) in [5.74, 6) is 0.665. The fraction of sp³-hybridized carbons (Fsp3) is 0.238. The SMILES string of the molecule is CCC(=O)N(Cc1ccccc1Cl)Cc1cc2cc(OC)ccc2[nH]c1=O. The topological polar surface area (TPSA) is 62.4 Å². The van der Waals surface area contributed by atoms with Crippen molar-refractivity contribution in [2.45, 2.75) is 26.4 Å². The average molecular weight is 385 g/mol. The van der Waals surface area contributed by atoms with E-state index in [2.05, 4.69) is 4.98 Å². The number of benzene rings is 2. The van der Waals surface area contributed by atoms with Crippen LogP contribution < -0.4 is 10.3 Å². The van der Waals surface area contributed by atoms with E-state index >= 15 is 0 Å². The lowest BCUT2D eigenvalue weighted by Gasteiger charge is -2.23. The number of carbonyl (C=O) groups excluding carboxylic acids is 1. The first-order valence-corrected chi connectivity index (χ1v) is 9.10. The first kappa shape index (κ1) is 19.0. The lowest BCUT2D eigenvalue weighted by molar-refractivity contribution is -0.132. The van der Waals surface area contributed by atoms with Crippen molar-refractivity contribution in [3.63, 3.8) is 0 Å². The van der Waals surface area contributed by atoms with Gasteiger partial charge in [0.25, 0.3) is 5.56 Å². The van der Waals surface area contributed by atoms with Crippen LogP contribution in [0.5, 0.6) is 5.75 Å². The smallest absolute Gasteiger partial charge is 0.253 e. The zero-order valence-corrected chi connectivity index (χ0v) is 16.0. The van der Waals surface area contributed by atoms with Gasteiger partial charge in [-0.2, -0.15) is 0 Å². The van der Waals surface area contributed by atoms with Crippen LogP contribution in [0.25, 0.3) is 10.9 Å². The van der Waals surface area contributed by atoms with Gasteiger partial charge in [0.1, 0.15) is 5.75 Å². The summed E-state index contributed by atoms with van der Waals surface area (Å²) in [4.78, 5) is 29.5. The highest BCUT2D eigenvalue weighted by molar-refractivity contribution is 6.31. The van der Waals surface area contributed by atoms with Gasteiger partial charge >= 0.3 is 0 Å². The minimum absolute atomic E-state index is 0.0416. The average Bonchev–Trinajstić information content (AvgIpc) is 2.68. The van der Waals surface area contributed by atoms with Crippen LogP contribution >= 0.6 is 11.6 Å². The molecule has 0 bridgehead atoms. The normalized spacial score (nSPS) is 10.8. The maximum Gasteiger partial charge on any atom is 0.253 e. The predicted molar refractivity (Wildman–Crippen MR) is 107 cm³/mol. The van der Waals surface area contributed by atoms with E-state index in [4.69, 9.17) is 16.3 Å². The molecular weight excluding hydrogens is 364 g/mol. The number of hydrogen-bond donors (Lipinski definition) is 1. The molecule has 0 spiro atoms. The van der Waals surface area contributed by atoms with Crippen molar-refractivity contribution in [1.29, 1.82) is 0 Å². The summed E-state index contributed by atoms with van der Waals surface area (Å²) >= 11 is 6.24. The highest BCUT2D eigenvalue weighted by Gasteiger charge is 2.16. The van der Waals surface area contributed by atoms with Gasteiger partial charge in [-0.3, -0.25) is 9.59 Å². The molecular formula is C21H21ClN2O3. The van der Waals surface area contributed by atoms with E-state index in [0.29, 0.717) is 29.3 Å². The van der Waals surface area contributed by atoms with Crippen molar-refractivity contribution in [2.24, 2.45) is 0 Å². The molecule has 0 aliphatic carbocycles. The Bertz CT molecular complexity index is 1030. The number of carbonyl (C=O) groups is 1. The molecule has 0 atom stereocenters. The van der Waals surface area contributed by atoms with Crippen molar-refractivity contribution < 1.29 is 9.53 Å². The number of H-pyrrole nitrogens is 1. The van der Waals surface area contributed by atoms with Crippen LogP contribution in [0, 0.1) is 0 Å². The van der Waals surface area contributed by atoms with Crippen LogP contribution in [0.4, 0.5) is 0 Å². The number of methoxy groups -OCH3 is 1. The third-order valence-corrected chi connectivity index (χ3v) is 4.83. The second-order valence-electron chi connectivity index (χ2n) is 6.27. The van der Waals surface area contributed by atoms with E-state index < -0.39 is 0 Å². The molecule has 1 amide bonds. The van der Waals surface area contributed by atoms with Crippen molar-refractivity contribution in [3.05, 3.63) is 75.0 Å². The highest BCUT2D eigenvalue weighted by atomic mass is 35.5. The van der Waals surface area contributed by atoms with E-state index in [9.17, 15) is 9.59 Å². The van der Waals surface area contributed by atoms with Crippen LogP contribution in [-0.4, -0.2) is 22.9 Å². The molecule has 6 heteroatoms. The summed E-state index contributed by atoms with van der Waals surface area (Å²) in [6.07, 6.45) is 0.351. The Hall–Kier alpha value is -2.79. The lowest BCUT2D eigenvalue weighted by atomic mass is 10.1. The molecule has 140 valence electrons. The van der Waals surface area contributed by atoms with Gasteiger partial charge in [0, 0.05) is 34.5 Å². The first-order chi connectivity index (χ1) is 13.0. The molecule has 27 heavy (non-hydrogen) atoms. The molecule has 5 nitrogen and oxygen atoms in total. The molecule has 0 unspecified atom stereocenters. The summed E-state index contributed by atoms with van der Waals surface area (Å²) in [7, 11) is 1.60. The molecule has 3 rings (SSSR count). The van der Waals surface area contributed by atoms with E-state index in [1.807, 2.05) is 24.3 Å². The standard InChI is InChI=1S/C21H21ClN2O3/c1-3-20(25)24(12-14-6-4-5-7-18(14)22)13-16-10-15-11-17(27-2)8-9-19(15)23-21(16)26/h4-11H,3,12-13H2,1-2H3,(H,23,26).